The number of hydrogen-bond donors (Lipinski definition) is 1. The fourth-order valence-corrected chi connectivity index (χ4v) is 2.18. The SMILES string of the molecule is Cc1nn(C)c(Nc2ccccc2C(C)C)c1C#N. The summed E-state index contributed by atoms with van der Waals surface area (Å²) in [6, 6.07) is 10.4. The molecule has 1 aromatic heterocycles. The minimum absolute atomic E-state index is 0.420. The molecule has 0 bridgehead atoms. The van der Waals surface area contributed by atoms with Crippen molar-refractivity contribution in [2.75, 3.05) is 5.32 Å². The van der Waals surface area contributed by atoms with Crippen LogP contribution in [0.1, 0.15) is 36.6 Å². The summed E-state index contributed by atoms with van der Waals surface area (Å²) in [5, 5.41) is 16.9. The monoisotopic (exact) mass is 254 g/mol. The topological polar surface area (TPSA) is 53.6 Å². The van der Waals surface area contributed by atoms with E-state index in [2.05, 4.69) is 36.4 Å². The van der Waals surface area contributed by atoms with Crippen LogP contribution < -0.4 is 5.32 Å². The third-order valence-electron chi connectivity index (χ3n) is 3.17. The Morgan fingerprint density at radius 3 is 2.63 bits per heavy atom. The summed E-state index contributed by atoms with van der Waals surface area (Å²) in [5.41, 5.74) is 3.60. The zero-order valence-electron chi connectivity index (χ0n) is 11.7. The van der Waals surface area contributed by atoms with Gasteiger partial charge < -0.3 is 5.32 Å². The lowest BCUT2D eigenvalue weighted by Crippen LogP contribution is -2.03. The molecule has 1 heterocycles. The second kappa shape index (κ2) is 5.15. The van der Waals surface area contributed by atoms with E-state index in [9.17, 15) is 5.26 Å². The molecular weight excluding hydrogens is 236 g/mol. The molecule has 0 unspecified atom stereocenters. The molecule has 0 fully saturated rings. The van der Waals surface area contributed by atoms with Crippen molar-refractivity contribution < 1.29 is 0 Å². The van der Waals surface area contributed by atoms with Crippen molar-refractivity contribution in [3.63, 3.8) is 0 Å². The van der Waals surface area contributed by atoms with E-state index in [4.69, 9.17) is 0 Å². The molecule has 2 rings (SSSR count). The molecular formula is C15H18N4. The van der Waals surface area contributed by atoms with Crippen molar-refractivity contribution in [2.24, 2.45) is 7.05 Å². The number of rotatable bonds is 3. The number of para-hydroxylation sites is 1. The Balaban J connectivity index is 2.46. The quantitative estimate of drug-likeness (QED) is 0.912. The molecule has 4 heteroatoms. The molecule has 1 aromatic carbocycles. The average Bonchev–Trinajstić information content (AvgIpc) is 2.64. The Hall–Kier alpha value is -2.28. The number of nitrogens with zero attached hydrogens (tertiary/aromatic N) is 3. The predicted molar refractivity (Wildman–Crippen MR) is 76.5 cm³/mol. The molecule has 0 spiro atoms. The zero-order chi connectivity index (χ0) is 14.0. The van der Waals surface area contributed by atoms with Crippen LogP contribution >= 0.6 is 0 Å². The van der Waals surface area contributed by atoms with E-state index in [0.717, 1.165) is 17.2 Å². The lowest BCUT2D eigenvalue weighted by molar-refractivity contribution is 0.764. The van der Waals surface area contributed by atoms with Crippen LogP contribution in [0.5, 0.6) is 0 Å². The zero-order valence-corrected chi connectivity index (χ0v) is 11.7. The van der Waals surface area contributed by atoms with Gasteiger partial charge in [-0.15, -0.1) is 0 Å². The van der Waals surface area contributed by atoms with Crippen LogP contribution in [0, 0.1) is 18.3 Å². The van der Waals surface area contributed by atoms with Crippen molar-refractivity contribution in [3.05, 3.63) is 41.1 Å². The highest BCUT2D eigenvalue weighted by Gasteiger charge is 2.14. The molecule has 0 aliphatic rings. The summed E-state index contributed by atoms with van der Waals surface area (Å²) in [5.74, 6) is 1.16. The third kappa shape index (κ3) is 2.45. The van der Waals surface area contributed by atoms with Gasteiger partial charge in [-0.25, -0.2) is 0 Å². The molecule has 2 aromatic rings. The van der Waals surface area contributed by atoms with Gasteiger partial charge in [0.2, 0.25) is 0 Å². The van der Waals surface area contributed by atoms with Gasteiger partial charge in [0.1, 0.15) is 17.5 Å². The van der Waals surface area contributed by atoms with E-state index < -0.39 is 0 Å². The Labute approximate surface area is 113 Å². The van der Waals surface area contributed by atoms with Crippen LogP contribution in [0.3, 0.4) is 0 Å². The third-order valence-corrected chi connectivity index (χ3v) is 3.17. The van der Waals surface area contributed by atoms with E-state index >= 15 is 0 Å². The summed E-state index contributed by atoms with van der Waals surface area (Å²) in [4.78, 5) is 0. The van der Waals surface area contributed by atoms with Gasteiger partial charge in [0.05, 0.1) is 5.69 Å². The van der Waals surface area contributed by atoms with Gasteiger partial charge in [0, 0.05) is 12.7 Å². The second-order valence-corrected chi connectivity index (χ2v) is 4.91. The fourth-order valence-electron chi connectivity index (χ4n) is 2.18. The van der Waals surface area contributed by atoms with Gasteiger partial charge in [-0.2, -0.15) is 10.4 Å². The Bertz CT molecular complexity index is 632. The predicted octanol–water partition coefficient (Wildman–Crippen LogP) is 3.47. The van der Waals surface area contributed by atoms with Gasteiger partial charge in [0.15, 0.2) is 0 Å². The smallest absolute Gasteiger partial charge is 0.146 e. The number of hydrogen-bond acceptors (Lipinski definition) is 3. The minimum Gasteiger partial charge on any atom is -0.339 e. The molecule has 0 aliphatic carbocycles. The number of benzene rings is 1. The van der Waals surface area contributed by atoms with Crippen LogP contribution in [-0.2, 0) is 7.05 Å². The standard InChI is InChI=1S/C15H18N4/c1-10(2)12-7-5-6-8-14(12)17-15-13(9-16)11(3)18-19(15)4/h5-8,10,17H,1-4H3. The van der Waals surface area contributed by atoms with Gasteiger partial charge in [0.25, 0.3) is 0 Å². The highest BCUT2D eigenvalue weighted by Crippen LogP contribution is 2.28. The average molecular weight is 254 g/mol. The first-order valence-corrected chi connectivity index (χ1v) is 6.34. The Morgan fingerprint density at radius 2 is 2.00 bits per heavy atom. The maximum Gasteiger partial charge on any atom is 0.146 e. The van der Waals surface area contributed by atoms with Crippen LogP contribution in [0.15, 0.2) is 24.3 Å². The first-order valence-electron chi connectivity index (χ1n) is 6.34. The summed E-state index contributed by atoms with van der Waals surface area (Å²) < 4.78 is 1.71. The lowest BCUT2D eigenvalue weighted by Gasteiger charge is -2.14. The molecule has 0 saturated carbocycles. The number of anilines is 2. The van der Waals surface area contributed by atoms with Gasteiger partial charge in [-0.1, -0.05) is 32.0 Å². The second-order valence-electron chi connectivity index (χ2n) is 4.91. The van der Waals surface area contributed by atoms with Gasteiger partial charge in [-0.3, -0.25) is 4.68 Å². The normalized spacial score (nSPS) is 10.5. The largest absolute Gasteiger partial charge is 0.339 e. The molecule has 19 heavy (non-hydrogen) atoms. The van der Waals surface area contributed by atoms with Crippen LogP contribution in [0.25, 0.3) is 0 Å². The molecule has 0 saturated heterocycles. The van der Waals surface area contributed by atoms with Crippen molar-refractivity contribution in [1.82, 2.24) is 9.78 Å². The van der Waals surface area contributed by atoms with Crippen molar-refractivity contribution >= 4 is 11.5 Å². The number of nitrogens with one attached hydrogen (secondary N) is 1. The molecule has 98 valence electrons. The molecule has 0 amide bonds. The number of nitriles is 1. The van der Waals surface area contributed by atoms with Crippen LogP contribution in [-0.4, -0.2) is 9.78 Å². The fraction of sp³-hybridized carbons (Fsp3) is 0.333. The maximum atomic E-state index is 9.23. The number of aromatic nitrogens is 2. The van der Waals surface area contributed by atoms with Gasteiger partial charge >= 0.3 is 0 Å². The Morgan fingerprint density at radius 1 is 1.32 bits per heavy atom. The van der Waals surface area contributed by atoms with E-state index in [1.54, 1.807) is 4.68 Å². The minimum atomic E-state index is 0.420. The summed E-state index contributed by atoms with van der Waals surface area (Å²) in [6.45, 7) is 6.15. The first-order chi connectivity index (χ1) is 9.04. The summed E-state index contributed by atoms with van der Waals surface area (Å²) >= 11 is 0. The van der Waals surface area contributed by atoms with Crippen molar-refractivity contribution in [3.8, 4) is 6.07 Å². The van der Waals surface area contributed by atoms with E-state index in [-0.39, 0.29) is 0 Å². The van der Waals surface area contributed by atoms with Crippen LogP contribution in [0.4, 0.5) is 11.5 Å². The van der Waals surface area contributed by atoms with Crippen molar-refractivity contribution in [2.45, 2.75) is 26.7 Å². The summed E-state index contributed by atoms with van der Waals surface area (Å²) in [7, 11) is 1.84. The summed E-state index contributed by atoms with van der Waals surface area (Å²) in [6.07, 6.45) is 0. The molecule has 0 radical (unpaired) electrons. The van der Waals surface area contributed by atoms with E-state index in [1.807, 2.05) is 32.2 Å². The van der Waals surface area contributed by atoms with E-state index in [0.29, 0.717) is 11.5 Å². The molecule has 0 aliphatic heterocycles. The molecule has 4 nitrogen and oxygen atoms in total. The van der Waals surface area contributed by atoms with Crippen LogP contribution in [0.2, 0.25) is 0 Å². The maximum absolute atomic E-state index is 9.23. The highest BCUT2D eigenvalue weighted by molar-refractivity contribution is 5.67. The highest BCUT2D eigenvalue weighted by atomic mass is 15.3. The lowest BCUT2D eigenvalue weighted by atomic mass is 10.0. The Kier molecular flexibility index (Phi) is 3.57. The first kappa shape index (κ1) is 13.2. The van der Waals surface area contributed by atoms with Crippen molar-refractivity contribution in [1.29, 1.82) is 5.26 Å². The van der Waals surface area contributed by atoms with Gasteiger partial charge in [-0.05, 0) is 24.5 Å². The molecule has 0 atom stereocenters. The molecule has 1 N–H and O–H groups in total. The number of aryl methyl sites for hydroxylation is 2. The van der Waals surface area contributed by atoms with E-state index in [1.165, 1.54) is 5.56 Å².